The number of nitrogens with one attached hydrogen (secondary N) is 2. The molecule has 0 fully saturated rings. The van der Waals surface area contributed by atoms with E-state index in [4.69, 9.17) is 9.47 Å². The Morgan fingerprint density at radius 2 is 1.62 bits per heavy atom. The summed E-state index contributed by atoms with van der Waals surface area (Å²) in [6.07, 6.45) is -0.255. The molecule has 0 bridgehead atoms. The molecule has 1 aliphatic heterocycles. The van der Waals surface area contributed by atoms with E-state index >= 15 is 0 Å². The standard InChI is InChI=1S/C23H26N2O4/c1-13(2)28-22(26)20-16(5)24-23(27)25-21(20)17-7-10-18(11-8-17)29-19-9-6-14(3)15(4)12-19/h6-13,21H,1-5H3,(H2,24,25,27). The van der Waals surface area contributed by atoms with Crippen LogP contribution < -0.4 is 15.4 Å². The molecule has 1 atom stereocenters. The zero-order valence-electron chi connectivity index (χ0n) is 17.3. The minimum absolute atomic E-state index is 0.255. The SMILES string of the molecule is CC1=C(C(=O)OC(C)C)C(c2ccc(Oc3ccc(C)c(C)c3)cc2)NC(=O)N1. The van der Waals surface area contributed by atoms with Crippen LogP contribution in [0.4, 0.5) is 4.79 Å². The number of hydrogen-bond acceptors (Lipinski definition) is 4. The lowest BCUT2D eigenvalue weighted by Crippen LogP contribution is -2.45. The van der Waals surface area contributed by atoms with Gasteiger partial charge in [0.15, 0.2) is 0 Å². The van der Waals surface area contributed by atoms with E-state index in [9.17, 15) is 9.59 Å². The zero-order valence-corrected chi connectivity index (χ0v) is 17.3. The number of aryl methyl sites for hydroxylation is 2. The van der Waals surface area contributed by atoms with Crippen LogP contribution in [0.2, 0.25) is 0 Å². The van der Waals surface area contributed by atoms with E-state index < -0.39 is 12.0 Å². The normalized spacial score (nSPS) is 16.3. The average molecular weight is 394 g/mol. The van der Waals surface area contributed by atoms with E-state index in [0.717, 1.165) is 16.9 Å². The van der Waals surface area contributed by atoms with Crippen LogP contribution in [-0.4, -0.2) is 18.1 Å². The minimum Gasteiger partial charge on any atom is -0.459 e. The number of hydrogen-bond donors (Lipinski definition) is 2. The van der Waals surface area contributed by atoms with Gasteiger partial charge in [0.25, 0.3) is 0 Å². The lowest BCUT2D eigenvalue weighted by molar-refractivity contribution is -0.143. The molecule has 0 aromatic heterocycles. The van der Waals surface area contributed by atoms with Crippen molar-refractivity contribution in [2.75, 3.05) is 0 Å². The van der Waals surface area contributed by atoms with Gasteiger partial charge in [0.05, 0.1) is 17.7 Å². The van der Waals surface area contributed by atoms with Crippen molar-refractivity contribution in [1.82, 2.24) is 10.6 Å². The Hall–Kier alpha value is -3.28. The fourth-order valence-corrected chi connectivity index (χ4v) is 3.13. The third-order valence-corrected chi connectivity index (χ3v) is 4.76. The second-order valence-corrected chi connectivity index (χ2v) is 7.44. The van der Waals surface area contributed by atoms with Crippen LogP contribution in [-0.2, 0) is 9.53 Å². The molecule has 1 aliphatic rings. The first kappa shape index (κ1) is 20.5. The summed E-state index contributed by atoms with van der Waals surface area (Å²) in [4.78, 5) is 24.6. The number of esters is 1. The van der Waals surface area contributed by atoms with Crippen molar-refractivity contribution in [2.45, 2.75) is 46.8 Å². The Bertz CT molecular complexity index is 961. The highest BCUT2D eigenvalue weighted by Gasteiger charge is 2.32. The summed E-state index contributed by atoms with van der Waals surface area (Å²) in [5.74, 6) is 0.975. The number of amides is 2. The van der Waals surface area contributed by atoms with Crippen LogP contribution in [0.25, 0.3) is 0 Å². The molecule has 0 spiro atoms. The second-order valence-electron chi connectivity index (χ2n) is 7.44. The number of carbonyl (C=O) groups is 2. The van der Waals surface area contributed by atoms with Crippen LogP contribution >= 0.6 is 0 Å². The van der Waals surface area contributed by atoms with Gasteiger partial charge in [-0.1, -0.05) is 18.2 Å². The van der Waals surface area contributed by atoms with Gasteiger partial charge in [-0.25, -0.2) is 9.59 Å². The molecule has 0 radical (unpaired) electrons. The molecule has 2 aromatic carbocycles. The van der Waals surface area contributed by atoms with Crippen LogP contribution in [0, 0.1) is 13.8 Å². The lowest BCUT2D eigenvalue weighted by Gasteiger charge is -2.28. The molecule has 0 saturated carbocycles. The Morgan fingerprint density at radius 3 is 2.24 bits per heavy atom. The van der Waals surface area contributed by atoms with E-state index in [1.807, 2.05) is 49.4 Å². The number of benzene rings is 2. The van der Waals surface area contributed by atoms with Gasteiger partial charge in [-0.05, 0) is 75.6 Å². The van der Waals surface area contributed by atoms with Crippen molar-refractivity contribution >= 4 is 12.0 Å². The maximum Gasteiger partial charge on any atom is 0.338 e. The number of rotatable bonds is 5. The molecule has 152 valence electrons. The van der Waals surface area contributed by atoms with Crippen LogP contribution in [0.5, 0.6) is 11.5 Å². The summed E-state index contributed by atoms with van der Waals surface area (Å²) in [5.41, 5.74) is 4.01. The van der Waals surface area contributed by atoms with Gasteiger partial charge in [-0.2, -0.15) is 0 Å². The molecule has 6 heteroatoms. The molecule has 29 heavy (non-hydrogen) atoms. The Balaban J connectivity index is 1.84. The first-order chi connectivity index (χ1) is 13.7. The first-order valence-corrected chi connectivity index (χ1v) is 9.59. The maximum absolute atomic E-state index is 12.6. The fourth-order valence-electron chi connectivity index (χ4n) is 3.13. The van der Waals surface area contributed by atoms with Gasteiger partial charge in [0.1, 0.15) is 11.5 Å². The predicted molar refractivity (Wildman–Crippen MR) is 111 cm³/mol. The highest BCUT2D eigenvalue weighted by molar-refractivity contribution is 5.95. The quantitative estimate of drug-likeness (QED) is 0.722. The van der Waals surface area contributed by atoms with Crippen molar-refractivity contribution < 1.29 is 19.1 Å². The largest absolute Gasteiger partial charge is 0.459 e. The highest BCUT2D eigenvalue weighted by atomic mass is 16.5. The smallest absolute Gasteiger partial charge is 0.338 e. The average Bonchev–Trinajstić information content (AvgIpc) is 2.64. The Labute approximate surface area is 170 Å². The third-order valence-electron chi connectivity index (χ3n) is 4.76. The van der Waals surface area contributed by atoms with Crippen molar-refractivity contribution in [3.63, 3.8) is 0 Å². The van der Waals surface area contributed by atoms with Crippen molar-refractivity contribution in [2.24, 2.45) is 0 Å². The molecular formula is C23H26N2O4. The monoisotopic (exact) mass is 394 g/mol. The number of carbonyl (C=O) groups excluding carboxylic acids is 2. The summed E-state index contributed by atoms with van der Waals surface area (Å²) in [5, 5.41) is 5.44. The molecule has 2 amide bonds. The molecule has 2 N–H and O–H groups in total. The van der Waals surface area contributed by atoms with Crippen LogP contribution in [0.15, 0.2) is 53.7 Å². The van der Waals surface area contributed by atoms with E-state index in [2.05, 4.69) is 17.6 Å². The van der Waals surface area contributed by atoms with Gasteiger partial charge >= 0.3 is 12.0 Å². The number of allylic oxidation sites excluding steroid dienone is 1. The Kier molecular flexibility index (Phi) is 5.92. The molecule has 2 aromatic rings. The summed E-state index contributed by atoms with van der Waals surface area (Å²) < 4.78 is 11.3. The molecular weight excluding hydrogens is 368 g/mol. The van der Waals surface area contributed by atoms with E-state index in [-0.39, 0.29) is 12.1 Å². The van der Waals surface area contributed by atoms with Gasteiger partial charge in [-0.3, -0.25) is 0 Å². The topological polar surface area (TPSA) is 76.7 Å². The first-order valence-electron chi connectivity index (χ1n) is 9.59. The summed E-state index contributed by atoms with van der Waals surface area (Å²) >= 11 is 0. The molecule has 1 unspecified atom stereocenters. The minimum atomic E-state index is -0.592. The third kappa shape index (κ3) is 4.77. The fraction of sp³-hybridized carbons (Fsp3) is 0.304. The summed E-state index contributed by atoms with van der Waals surface area (Å²) in [6, 6.07) is 12.3. The number of ether oxygens (including phenoxy) is 2. The number of urea groups is 1. The van der Waals surface area contributed by atoms with Crippen molar-refractivity contribution in [3.05, 3.63) is 70.4 Å². The van der Waals surface area contributed by atoms with Crippen molar-refractivity contribution in [1.29, 1.82) is 0 Å². The van der Waals surface area contributed by atoms with Crippen LogP contribution in [0.3, 0.4) is 0 Å². The van der Waals surface area contributed by atoms with Crippen LogP contribution in [0.1, 0.15) is 43.5 Å². The zero-order chi connectivity index (χ0) is 21.1. The predicted octanol–water partition coefficient (Wildman–Crippen LogP) is 4.68. The molecule has 1 heterocycles. The molecule has 3 rings (SSSR count). The summed E-state index contributed by atoms with van der Waals surface area (Å²) in [6.45, 7) is 9.36. The Morgan fingerprint density at radius 1 is 0.966 bits per heavy atom. The van der Waals surface area contributed by atoms with E-state index in [0.29, 0.717) is 17.0 Å². The summed E-state index contributed by atoms with van der Waals surface area (Å²) in [7, 11) is 0. The molecule has 0 saturated heterocycles. The van der Waals surface area contributed by atoms with E-state index in [1.54, 1.807) is 20.8 Å². The lowest BCUT2D eigenvalue weighted by atomic mass is 9.95. The van der Waals surface area contributed by atoms with Gasteiger partial charge in [-0.15, -0.1) is 0 Å². The van der Waals surface area contributed by atoms with E-state index in [1.165, 1.54) is 5.56 Å². The van der Waals surface area contributed by atoms with Gasteiger partial charge < -0.3 is 20.1 Å². The molecule has 6 nitrogen and oxygen atoms in total. The highest BCUT2D eigenvalue weighted by Crippen LogP contribution is 2.30. The second kappa shape index (κ2) is 8.39. The van der Waals surface area contributed by atoms with Gasteiger partial charge in [0.2, 0.25) is 0 Å². The molecule has 0 aliphatic carbocycles. The maximum atomic E-state index is 12.6. The van der Waals surface area contributed by atoms with Crippen molar-refractivity contribution in [3.8, 4) is 11.5 Å². The van der Waals surface area contributed by atoms with Gasteiger partial charge in [0, 0.05) is 5.70 Å².